The number of benzene rings is 2. The number of cyclic esters (lactones) is 1. The molecule has 0 radical (unpaired) electrons. The second kappa shape index (κ2) is 11.5. The van der Waals surface area contributed by atoms with E-state index in [1.807, 2.05) is 24.3 Å². The summed E-state index contributed by atoms with van der Waals surface area (Å²) in [6, 6.07) is 7.45. The minimum Gasteiger partial charge on any atom is -0.493 e. The average Bonchev–Trinajstić information content (AvgIpc) is 3.66. The van der Waals surface area contributed by atoms with Gasteiger partial charge in [-0.15, -0.1) is 0 Å². The van der Waals surface area contributed by atoms with Gasteiger partial charge in [0.1, 0.15) is 24.4 Å². The monoisotopic (exact) mass is 616 g/mol. The van der Waals surface area contributed by atoms with E-state index in [0.29, 0.717) is 28.7 Å². The van der Waals surface area contributed by atoms with Crippen molar-refractivity contribution in [3.05, 3.63) is 41.0 Å². The number of carbonyl (C=O) groups is 1. The molecular formula is C31H36O13. The van der Waals surface area contributed by atoms with Crippen LogP contribution in [-0.4, -0.2) is 96.5 Å². The number of hydrogen-bond donors (Lipinski definition) is 1. The first-order valence-corrected chi connectivity index (χ1v) is 14.6. The van der Waals surface area contributed by atoms with Crippen LogP contribution in [0.15, 0.2) is 24.3 Å². The van der Waals surface area contributed by atoms with Crippen LogP contribution in [-0.2, 0) is 33.2 Å². The third kappa shape index (κ3) is 4.65. The first kappa shape index (κ1) is 29.4. The Morgan fingerprint density at radius 3 is 2.23 bits per heavy atom. The normalized spacial score (nSPS) is 35.3. The summed E-state index contributed by atoms with van der Waals surface area (Å²) < 4.78 is 64.3. The van der Waals surface area contributed by atoms with Crippen molar-refractivity contribution < 1.29 is 62.0 Å². The fourth-order valence-corrected chi connectivity index (χ4v) is 7.16. The Hall–Kier alpha value is -3.33. The Morgan fingerprint density at radius 2 is 1.57 bits per heavy atom. The largest absolute Gasteiger partial charge is 0.493 e. The molecule has 1 N–H and O–H groups in total. The Kier molecular flexibility index (Phi) is 7.71. The van der Waals surface area contributed by atoms with Gasteiger partial charge in [0.25, 0.3) is 0 Å². The van der Waals surface area contributed by atoms with Gasteiger partial charge in [0, 0.05) is 18.9 Å². The molecule has 3 fully saturated rings. The fourth-order valence-electron chi connectivity index (χ4n) is 7.16. The molecule has 3 saturated heterocycles. The van der Waals surface area contributed by atoms with Crippen LogP contribution in [0.4, 0.5) is 0 Å². The molecule has 1 unspecified atom stereocenters. The maximum absolute atomic E-state index is 13.5. The van der Waals surface area contributed by atoms with Gasteiger partial charge < -0.3 is 57.2 Å². The quantitative estimate of drug-likeness (QED) is 0.456. The predicted molar refractivity (Wildman–Crippen MR) is 148 cm³/mol. The molecule has 0 amide bonds. The van der Waals surface area contributed by atoms with E-state index in [1.165, 1.54) is 14.2 Å². The van der Waals surface area contributed by atoms with E-state index in [4.69, 9.17) is 52.1 Å². The number of hydrogen-bond acceptors (Lipinski definition) is 13. The molecule has 0 aromatic heterocycles. The van der Waals surface area contributed by atoms with Crippen molar-refractivity contribution >= 4 is 5.97 Å². The van der Waals surface area contributed by atoms with Gasteiger partial charge in [0.2, 0.25) is 12.5 Å². The molecule has 0 saturated carbocycles. The van der Waals surface area contributed by atoms with Gasteiger partial charge in [-0.2, -0.15) is 0 Å². The van der Waals surface area contributed by atoms with Crippen molar-refractivity contribution in [2.45, 2.75) is 55.9 Å². The minimum atomic E-state index is -1.04. The van der Waals surface area contributed by atoms with Gasteiger partial charge in [-0.25, -0.2) is 0 Å². The SMILES string of the molecule is COc1cc([C@@H]2c3cc4c(cc3[C@@H](OC3O[C@@H]5CO[C@@H](C)O[C@H]5[C@H](O)[C@H]3OC)[C@H]3COC(=O)[C@H]23)OCO4)cc(OC)c1OC. The van der Waals surface area contributed by atoms with Crippen molar-refractivity contribution in [3.63, 3.8) is 0 Å². The second-order valence-electron chi connectivity index (χ2n) is 11.4. The van der Waals surface area contributed by atoms with Crippen LogP contribution >= 0.6 is 0 Å². The molecule has 2 aromatic rings. The van der Waals surface area contributed by atoms with Crippen LogP contribution in [0.25, 0.3) is 0 Å². The van der Waals surface area contributed by atoms with E-state index in [-0.39, 0.29) is 26.0 Å². The highest BCUT2D eigenvalue weighted by molar-refractivity contribution is 5.79. The van der Waals surface area contributed by atoms with Gasteiger partial charge in [-0.1, -0.05) is 0 Å². The summed E-state index contributed by atoms with van der Waals surface area (Å²) in [7, 11) is 6.11. The standard InChI is InChI=1S/C31H36O13/c1-13-38-11-22-28(42-13)25(32)29(37-5)31(43-22)44-26-16-9-19-18(40-12-41-19)8-15(16)23(24-17(26)10-39-30(24)33)14-6-20(34-2)27(36-4)21(7-14)35-3/h6-9,13,17,22-26,28-29,31-32H,10-12H2,1-5H3/t13-,17+,22-,23-,24+,25+,26-,28-,29-,31?/m1/s1. The van der Waals surface area contributed by atoms with Gasteiger partial charge >= 0.3 is 5.97 Å². The third-order valence-electron chi connectivity index (χ3n) is 9.18. The number of aliphatic hydroxyl groups excluding tert-OH is 1. The predicted octanol–water partition coefficient (Wildman–Crippen LogP) is 2.30. The molecule has 1 aliphatic carbocycles. The molecule has 10 atom stereocenters. The van der Waals surface area contributed by atoms with E-state index < -0.39 is 60.9 Å². The lowest BCUT2D eigenvalue weighted by Gasteiger charge is -2.48. The van der Waals surface area contributed by atoms with Crippen LogP contribution in [0.2, 0.25) is 0 Å². The number of methoxy groups -OCH3 is 4. The zero-order valence-corrected chi connectivity index (χ0v) is 25.1. The molecule has 238 valence electrons. The molecule has 2 aromatic carbocycles. The summed E-state index contributed by atoms with van der Waals surface area (Å²) in [4.78, 5) is 13.5. The highest BCUT2D eigenvalue weighted by Crippen LogP contribution is 2.57. The summed E-state index contributed by atoms with van der Waals surface area (Å²) in [6.45, 7) is 2.17. The molecule has 44 heavy (non-hydrogen) atoms. The lowest BCUT2D eigenvalue weighted by atomic mass is 9.66. The first-order valence-electron chi connectivity index (χ1n) is 14.6. The maximum atomic E-state index is 13.5. The Balaban J connectivity index is 1.33. The third-order valence-corrected chi connectivity index (χ3v) is 9.18. The van der Waals surface area contributed by atoms with Crippen molar-refractivity contribution in [2.24, 2.45) is 11.8 Å². The van der Waals surface area contributed by atoms with Crippen LogP contribution in [0, 0.1) is 11.8 Å². The molecule has 7 rings (SSSR count). The minimum absolute atomic E-state index is 0.0681. The van der Waals surface area contributed by atoms with E-state index in [9.17, 15) is 9.90 Å². The summed E-state index contributed by atoms with van der Waals surface area (Å²) in [5.41, 5.74) is 2.32. The van der Waals surface area contributed by atoms with Gasteiger partial charge in [0.15, 0.2) is 35.6 Å². The summed E-state index contributed by atoms with van der Waals surface area (Å²) >= 11 is 0. The number of aliphatic hydroxyl groups is 1. The van der Waals surface area contributed by atoms with Crippen molar-refractivity contribution in [1.82, 2.24) is 0 Å². The Morgan fingerprint density at radius 1 is 0.864 bits per heavy atom. The fraction of sp³-hybridized carbons (Fsp3) is 0.581. The smallest absolute Gasteiger partial charge is 0.310 e. The molecular weight excluding hydrogens is 580 g/mol. The maximum Gasteiger partial charge on any atom is 0.310 e. The molecule has 0 spiro atoms. The zero-order valence-electron chi connectivity index (χ0n) is 25.1. The van der Waals surface area contributed by atoms with Crippen LogP contribution in [0.3, 0.4) is 0 Å². The topological polar surface area (TPSA) is 139 Å². The molecule has 4 aliphatic heterocycles. The van der Waals surface area contributed by atoms with Crippen LogP contribution in [0.5, 0.6) is 28.7 Å². The number of rotatable bonds is 7. The lowest BCUT2D eigenvalue weighted by Crippen LogP contribution is -2.63. The van der Waals surface area contributed by atoms with E-state index in [0.717, 1.165) is 16.7 Å². The Bertz CT molecular complexity index is 1390. The summed E-state index contributed by atoms with van der Waals surface area (Å²) in [5.74, 6) is 0.566. The highest BCUT2D eigenvalue weighted by Gasteiger charge is 2.56. The van der Waals surface area contributed by atoms with Crippen molar-refractivity contribution in [2.75, 3.05) is 48.4 Å². The number of carbonyl (C=O) groups excluding carboxylic acids is 1. The first-order chi connectivity index (χ1) is 21.4. The van der Waals surface area contributed by atoms with Crippen LogP contribution in [0.1, 0.15) is 35.6 Å². The van der Waals surface area contributed by atoms with E-state index >= 15 is 0 Å². The van der Waals surface area contributed by atoms with Gasteiger partial charge in [0.05, 0.1) is 46.6 Å². The number of ether oxygens (including phenoxy) is 11. The van der Waals surface area contributed by atoms with Crippen LogP contribution < -0.4 is 23.7 Å². The summed E-state index contributed by atoms with van der Waals surface area (Å²) in [6.07, 6.45) is -5.33. The zero-order chi connectivity index (χ0) is 30.7. The summed E-state index contributed by atoms with van der Waals surface area (Å²) in [5, 5.41) is 11.3. The average molecular weight is 617 g/mol. The van der Waals surface area contributed by atoms with Gasteiger partial charge in [-0.05, 0) is 47.9 Å². The van der Waals surface area contributed by atoms with Crippen molar-refractivity contribution in [1.29, 1.82) is 0 Å². The lowest BCUT2D eigenvalue weighted by molar-refractivity contribution is -0.367. The molecule has 13 heteroatoms. The highest BCUT2D eigenvalue weighted by atomic mass is 16.8. The molecule has 4 heterocycles. The number of esters is 1. The molecule has 0 bridgehead atoms. The van der Waals surface area contributed by atoms with Gasteiger partial charge in [-0.3, -0.25) is 4.79 Å². The Labute approximate surface area is 254 Å². The van der Waals surface area contributed by atoms with E-state index in [2.05, 4.69) is 0 Å². The van der Waals surface area contributed by atoms with Crippen molar-refractivity contribution in [3.8, 4) is 28.7 Å². The number of fused-ring (bicyclic) bond motifs is 4. The molecule has 13 nitrogen and oxygen atoms in total. The second-order valence-corrected chi connectivity index (χ2v) is 11.4. The molecule has 5 aliphatic rings. The van der Waals surface area contributed by atoms with E-state index in [1.54, 1.807) is 21.1 Å².